The van der Waals surface area contributed by atoms with Gasteiger partial charge in [-0.2, -0.15) is 0 Å². The summed E-state index contributed by atoms with van der Waals surface area (Å²) in [5, 5.41) is 10.8. The highest BCUT2D eigenvalue weighted by atomic mass is 35.5. The van der Waals surface area contributed by atoms with Crippen molar-refractivity contribution in [1.29, 1.82) is 0 Å². The quantitative estimate of drug-likeness (QED) is 0.584. The first-order valence-electron chi connectivity index (χ1n) is 7.10. The van der Waals surface area contributed by atoms with Crippen LogP contribution in [-0.4, -0.2) is 0 Å². The zero-order valence-electron chi connectivity index (χ0n) is 12.0. The summed E-state index contributed by atoms with van der Waals surface area (Å²) in [4.78, 5) is 0. The molecule has 0 aliphatic carbocycles. The van der Waals surface area contributed by atoms with E-state index in [4.69, 9.17) is 23.2 Å². The zero-order chi connectivity index (χ0) is 15.3. The Hall–Kier alpha value is -1.90. The first kappa shape index (κ1) is 13.7. The summed E-state index contributed by atoms with van der Waals surface area (Å²) in [6.07, 6.45) is 0. The van der Waals surface area contributed by atoms with E-state index < -0.39 is 5.66 Å². The highest BCUT2D eigenvalue weighted by Gasteiger charge is 2.33. The molecule has 110 valence electrons. The summed E-state index contributed by atoms with van der Waals surface area (Å²) in [5.74, 6) is 0. The highest BCUT2D eigenvalue weighted by Crippen LogP contribution is 2.42. The van der Waals surface area contributed by atoms with Crippen molar-refractivity contribution in [3.05, 3.63) is 70.2 Å². The van der Waals surface area contributed by atoms with Crippen molar-refractivity contribution < 1.29 is 0 Å². The van der Waals surface area contributed by atoms with Crippen LogP contribution in [-0.2, 0) is 5.66 Å². The van der Waals surface area contributed by atoms with Gasteiger partial charge in [-0.25, -0.2) is 0 Å². The van der Waals surface area contributed by atoms with Crippen LogP contribution < -0.4 is 10.6 Å². The summed E-state index contributed by atoms with van der Waals surface area (Å²) in [5.41, 5.74) is 2.66. The second kappa shape index (κ2) is 4.80. The predicted octanol–water partition coefficient (Wildman–Crippen LogP) is 5.86. The standard InChI is InChI=1S/C18H14Cl2N2/c1-18(13-9-8-12(19)10-14(13)20)21-15-6-2-4-11-5-3-7-16(22-18)17(11)15/h2-10,21-22H,1H3. The van der Waals surface area contributed by atoms with Gasteiger partial charge < -0.3 is 10.6 Å². The molecule has 1 heterocycles. The Labute approximate surface area is 139 Å². The Morgan fingerprint density at radius 3 is 2.09 bits per heavy atom. The number of hydrogen-bond acceptors (Lipinski definition) is 2. The van der Waals surface area contributed by atoms with E-state index in [-0.39, 0.29) is 0 Å². The van der Waals surface area contributed by atoms with Gasteiger partial charge in [0.25, 0.3) is 0 Å². The predicted molar refractivity (Wildman–Crippen MR) is 95.0 cm³/mol. The molecule has 0 aromatic heterocycles. The minimum absolute atomic E-state index is 0.496. The average Bonchev–Trinajstić information content (AvgIpc) is 2.47. The second-order valence-corrected chi connectivity index (χ2v) is 6.55. The summed E-state index contributed by atoms with van der Waals surface area (Å²) < 4.78 is 0. The molecule has 1 aliphatic heterocycles. The Morgan fingerprint density at radius 1 is 0.864 bits per heavy atom. The van der Waals surface area contributed by atoms with Crippen molar-refractivity contribution in [2.24, 2.45) is 0 Å². The second-order valence-electron chi connectivity index (χ2n) is 5.71. The van der Waals surface area contributed by atoms with E-state index in [0.717, 1.165) is 16.9 Å². The summed E-state index contributed by atoms with van der Waals surface area (Å²) in [6, 6.07) is 18.1. The lowest BCUT2D eigenvalue weighted by Gasteiger charge is -2.39. The fourth-order valence-electron chi connectivity index (χ4n) is 3.15. The molecule has 0 amide bonds. The van der Waals surface area contributed by atoms with Crippen LogP contribution in [0.5, 0.6) is 0 Å². The monoisotopic (exact) mass is 328 g/mol. The molecule has 0 saturated heterocycles. The Bertz CT molecular complexity index is 849. The highest BCUT2D eigenvalue weighted by molar-refractivity contribution is 6.35. The van der Waals surface area contributed by atoms with Crippen molar-refractivity contribution in [1.82, 2.24) is 0 Å². The van der Waals surface area contributed by atoms with E-state index >= 15 is 0 Å². The van der Waals surface area contributed by atoms with E-state index in [1.54, 1.807) is 6.07 Å². The number of hydrogen-bond donors (Lipinski definition) is 2. The van der Waals surface area contributed by atoms with E-state index in [9.17, 15) is 0 Å². The van der Waals surface area contributed by atoms with Crippen LogP contribution in [0.4, 0.5) is 11.4 Å². The molecular formula is C18H14Cl2N2. The smallest absolute Gasteiger partial charge is 0.133 e. The van der Waals surface area contributed by atoms with Gasteiger partial charge in [-0.3, -0.25) is 0 Å². The molecule has 22 heavy (non-hydrogen) atoms. The van der Waals surface area contributed by atoms with Crippen LogP contribution >= 0.6 is 23.2 Å². The number of nitrogens with one attached hydrogen (secondary N) is 2. The summed E-state index contributed by atoms with van der Waals surface area (Å²) in [7, 11) is 0. The van der Waals surface area contributed by atoms with Crippen LogP contribution in [0.2, 0.25) is 10.0 Å². The number of halogens is 2. The van der Waals surface area contributed by atoms with Gasteiger partial charge in [-0.1, -0.05) is 53.5 Å². The van der Waals surface area contributed by atoms with Gasteiger partial charge in [0.2, 0.25) is 0 Å². The SMILES string of the molecule is CC1(c2ccc(Cl)cc2Cl)Nc2cccc3cccc(c23)N1. The third-order valence-electron chi connectivity index (χ3n) is 4.14. The van der Waals surface area contributed by atoms with E-state index in [2.05, 4.69) is 54.0 Å². The van der Waals surface area contributed by atoms with Crippen LogP contribution in [0, 0.1) is 0 Å². The van der Waals surface area contributed by atoms with Gasteiger partial charge in [0.15, 0.2) is 0 Å². The Balaban J connectivity index is 1.90. The third kappa shape index (κ3) is 2.03. The Kier molecular flexibility index (Phi) is 3.00. The summed E-state index contributed by atoms with van der Waals surface area (Å²) >= 11 is 12.4. The molecule has 2 nitrogen and oxygen atoms in total. The molecule has 0 fully saturated rings. The zero-order valence-corrected chi connectivity index (χ0v) is 13.5. The molecule has 4 heteroatoms. The van der Waals surface area contributed by atoms with Crippen LogP contribution in [0.15, 0.2) is 54.6 Å². The first-order chi connectivity index (χ1) is 10.6. The number of rotatable bonds is 1. The maximum atomic E-state index is 6.42. The van der Waals surface area contributed by atoms with Crippen molar-refractivity contribution in [2.45, 2.75) is 12.6 Å². The fourth-order valence-corrected chi connectivity index (χ4v) is 3.75. The van der Waals surface area contributed by atoms with Gasteiger partial charge in [-0.05, 0) is 36.6 Å². The van der Waals surface area contributed by atoms with Crippen molar-refractivity contribution >= 4 is 45.3 Å². The van der Waals surface area contributed by atoms with Gasteiger partial charge in [-0.15, -0.1) is 0 Å². The minimum atomic E-state index is -0.496. The molecule has 0 atom stereocenters. The summed E-state index contributed by atoms with van der Waals surface area (Å²) in [6.45, 7) is 2.08. The lowest BCUT2D eigenvalue weighted by Crippen LogP contribution is -2.42. The van der Waals surface area contributed by atoms with E-state index in [1.165, 1.54) is 10.8 Å². The molecule has 0 saturated carbocycles. The van der Waals surface area contributed by atoms with Gasteiger partial charge >= 0.3 is 0 Å². The molecule has 0 unspecified atom stereocenters. The first-order valence-corrected chi connectivity index (χ1v) is 7.86. The maximum absolute atomic E-state index is 6.42. The van der Waals surface area contributed by atoms with Crippen molar-refractivity contribution in [3.63, 3.8) is 0 Å². The maximum Gasteiger partial charge on any atom is 0.133 e. The van der Waals surface area contributed by atoms with Crippen molar-refractivity contribution in [3.8, 4) is 0 Å². The molecule has 3 aromatic carbocycles. The van der Waals surface area contributed by atoms with Gasteiger partial charge in [0.05, 0.1) is 0 Å². The lowest BCUT2D eigenvalue weighted by molar-refractivity contribution is 0.626. The average molecular weight is 329 g/mol. The fraction of sp³-hybridized carbons (Fsp3) is 0.111. The molecule has 2 N–H and O–H groups in total. The third-order valence-corrected chi connectivity index (χ3v) is 4.69. The molecule has 0 radical (unpaired) electrons. The number of anilines is 2. The van der Waals surface area contributed by atoms with Crippen LogP contribution in [0.3, 0.4) is 0 Å². The largest absolute Gasteiger partial charge is 0.359 e. The molecule has 4 rings (SSSR count). The van der Waals surface area contributed by atoms with E-state index in [1.807, 2.05) is 12.1 Å². The van der Waals surface area contributed by atoms with Crippen LogP contribution in [0.25, 0.3) is 10.8 Å². The molecule has 0 bridgehead atoms. The van der Waals surface area contributed by atoms with Crippen LogP contribution in [0.1, 0.15) is 12.5 Å². The normalized spacial score (nSPS) is 15.2. The van der Waals surface area contributed by atoms with Gasteiger partial charge in [0, 0.05) is 32.4 Å². The molecule has 3 aromatic rings. The Morgan fingerprint density at radius 2 is 1.50 bits per heavy atom. The molecule has 0 spiro atoms. The number of benzene rings is 3. The molecular weight excluding hydrogens is 315 g/mol. The lowest BCUT2D eigenvalue weighted by atomic mass is 9.95. The van der Waals surface area contributed by atoms with E-state index in [0.29, 0.717) is 10.0 Å². The molecule has 1 aliphatic rings. The minimum Gasteiger partial charge on any atom is -0.359 e. The topological polar surface area (TPSA) is 24.1 Å². The van der Waals surface area contributed by atoms with Gasteiger partial charge in [0.1, 0.15) is 5.66 Å². The van der Waals surface area contributed by atoms with Crippen molar-refractivity contribution in [2.75, 3.05) is 10.6 Å².